The Balaban J connectivity index is 1.28. The second kappa shape index (κ2) is 8.99. The van der Waals surface area contributed by atoms with E-state index in [4.69, 9.17) is 5.10 Å². The number of carbonyl (C=O) groups excluding carboxylic acids is 1. The standard InChI is InChI=1S/C28H23N7O/c1-20-9-5-6-12-24(20)27-25(19-35(32-27)23-10-3-2-4-11-23)28(36)31-21-15-29-34(17-21)18-22-16-33-14-8-7-13-26(33)30-22/h2-17,19H,18H2,1H3,(H,31,36). The monoisotopic (exact) mass is 473 g/mol. The van der Waals surface area contributed by atoms with Crippen molar-refractivity contribution in [2.45, 2.75) is 13.5 Å². The molecule has 0 bridgehead atoms. The van der Waals surface area contributed by atoms with Gasteiger partial charge < -0.3 is 9.72 Å². The van der Waals surface area contributed by atoms with Crippen molar-refractivity contribution in [2.24, 2.45) is 0 Å². The Morgan fingerprint density at radius 3 is 2.56 bits per heavy atom. The molecule has 8 nitrogen and oxygen atoms in total. The molecule has 36 heavy (non-hydrogen) atoms. The van der Waals surface area contributed by atoms with Crippen LogP contribution < -0.4 is 5.32 Å². The SMILES string of the molecule is Cc1ccccc1-c1nn(-c2ccccc2)cc1C(=O)Nc1cnn(Cc2cn3ccccc3n2)c1. The van der Waals surface area contributed by atoms with Crippen LogP contribution in [0.2, 0.25) is 0 Å². The maximum absolute atomic E-state index is 13.4. The highest BCUT2D eigenvalue weighted by molar-refractivity contribution is 6.08. The molecule has 4 heterocycles. The summed E-state index contributed by atoms with van der Waals surface area (Å²) in [5, 5.41) is 12.2. The number of aryl methyl sites for hydroxylation is 1. The van der Waals surface area contributed by atoms with Crippen LogP contribution in [0.15, 0.2) is 104 Å². The summed E-state index contributed by atoms with van der Waals surface area (Å²) >= 11 is 0. The third-order valence-corrected chi connectivity index (χ3v) is 6.01. The van der Waals surface area contributed by atoms with Crippen molar-refractivity contribution in [3.05, 3.63) is 121 Å². The molecule has 0 saturated heterocycles. The van der Waals surface area contributed by atoms with Crippen molar-refractivity contribution in [3.63, 3.8) is 0 Å². The highest BCUT2D eigenvalue weighted by atomic mass is 16.1. The van der Waals surface area contributed by atoms with E-state index in [0.29, 0.717) is 23.5 Å². The number of hydrogen-bond donors (Lipinski definition) is 1. The summed E-state index contributed by atoms with van der Waals surface area (Å²) in [6, 6.07) is 23.6. The smallest absolute Gasteiger partial charge is 0.259 e. The minimum absolute atomic E-state index is 0.247. The van der Waals surface area contributed by atoms with Crippen LogP contribution in [-0.4, -0.2) is 34.9 Å². The summed E-state index contributed by atoms with van der Waals surface area (Å²) in [6.45, 7) is 2.51. The zero-order chi connectivity index (χ0) is 24.5. The number of aromatic nitrogens is 6. The van der Waals surface area contributed by atoms with Crippen LogP contribution in [0.3, 0.4) is 0 Å². The number of anilines is 1. The number of fused-ring (bicyclic) bond motifs is 1. The summed E-state index contributed by atoms with van der Waals surface area (Å²) in [5.41, 5.74) is 6.33. The van der Waals surface area contributed by atoms with E-state index >= 15 is 0 Å². The molecule has 2 aromatic carbocycles. The van der Waals surface area contributed by atoms with Crippen molar-refractivity contribution >= 4 is 17.2 Å². The third-order valence-electron chi connectivity index (χ3n) is 6.01. The maximum Gasteiger partial charge on any atom is 0.259 e. The number of amides is 1. The van der Waals surface area contributed by atoms with Crippen LogP contribution in [0.4, 0.5) is 5.69 Å². The quantitative estimate of drug-likeness (QED) is 0.369. The number of hydrogen-bond acceptors (Lipinski definition) is 4. The molecule has 6 aromatic rings. The van der Waals surface area contributed by atoms with E-state index in [-0.39, 0.29) is 5.91 Å². The molecule has 0 spiro atoms. The van der Waals surface area contributed by atoms with Crippen molar-refractivity contribution in [1.82, 2.24) is 28.9 Å². The predicted octanol–water partition coefficient (Wildman–Crippen LogP) is 4.99. The summed E-state index contributed by atoms with van der Waals surface area (Å²) < 4.78 is 5.47. The average molecular weight is 474 g/mol. The molecule has 6 rings (SSSR count). The van der Waals surface area contributed by atoms with Crippen LogP contribution in [0.5, 0.6) is 0 Å². The molecule has 4 aromatic heterocycles. The Morgan fingerprint density at radius 2 is 1.72 bits per heavy atom. The molecule has 0 fully saturated rings. The van der Waals surface area contributed by atoms with E-state index in [1.165, 1.54) is 0 Å². The normalized spacial score (nSPS) is 11.1. The van der Waals surface area contributed by atoms with E-state index in [0.717, 1.165) is 28.2 Å². The molecule has 1 N–H and O–H groups in total. The van der Waals surface area contributed by atoms with Gasteiger partial charge in [0.2, 0.25) is 0 Å². The molecule has 176 valence electrons. The van der Waals surface area contributed by atoms with Gasteiger partial charge in [-0.2, -0.15) is 10.2 Å². The lowest BCUT2D eigenvalue weighted by Crippen LogP contribution is -2.12. The summed E-state index contributed by atoms with van der Waals surface area (Å²) in [7, 11) is 0. The van der Waals surface area contributed by atoms with Gasteiger partial charge in [0.25, 0.3) is 5.91 Å². The highest BCUT2D eigenvalue weighted by Gasteiger charge is 2.20. The molecule has 0 aliphatic heterocycles. The number of carbonyl (C=O) groups is 1. The predicted molar refractivity (Wildman–Crippen MR) is 138 cm³/mol. The van der Waals surface area contributed by atoms with Crippen molar-refractivity contribution in [3.8, 4) is 16.9 Å². The van der Waals surface area contributed by atoms with Crippen molar-refractivity contribution in [1.29, 1.82) is 0 Å². The number of nitrogens with one attached hydrogen (secondary N) is 1. The lowest BCUT2D eigenvalue weighted by Gasteiger charge is -2.06. The van der Waals surface area contributed by atoms with Crippen LogP contribution in [-0.2, 0) is 6.54 Å². The van der Waals surface area contributed by atoms with E-state index in [1.54, 1.807) is 28.0 Å². The Morgan fingerprint density at radius 1 is 0.917 bits per heavy atom. The van der Waals surface area contributed by atoms with Crippen molar-refractivity contribution in [2.75, 3.05) is 5.32 Å². The number of rotatable bonds is 6. The number of nitrogens with zero attached hydrogens (tertiary/aromatic N) is 6. The average Bonchev–Trinajstić information content (AvgIpc) is 3.63. The van der Waals surface area contributed by atoms with Gasteiger partial charge in [-0.05, 0) is 36.8 Å². The Kier molecular flexibility index (Phi) is 5.38. The summed E-state index contributed by atoms with van der Waals surface area (Å²) in [4.78, 5) is 18.0. The van der Waals surface area contributed by atoms with Crippen LogP contribution in [0.1, 0.15) is 21.6 Å². The minimum atomic E-state index is -0.247. The van der Waals surface area contributed by atoms with Gasteiger partial charge in [-0.1, -0.05) is 48.5 Å². The topological polar surface area (TPSA) is 82.0 Å². The van der Waals surface area contributed by atoms with Crippen LogP contribution >= 0.6 is 0 Å². The third kappa shape index (κ3) is 4.16. The highest BCUT2D eigenvalue weighted by Crippen LogP contribution is 2.27. The molecule has 0 unspecified atom stereocenters. The van der Waals surface area contributed by atoms with Gasteiger partial charge in [-0.25, -0.2) is 9.67 Å². The Hall–Kier alpha value is -4.98. The number of para-hydroxylation sites is 1. The molecular weight excluding hydrogens is 450 g/mol. The molecule has 0 saturated carbocycles. The second-order valence-electron chi connectivity index (χ2n) is 8.57. The molecule has 1 amide bonds. The first kappa shape index (κ1) is 21.5. The summed E-state index contributed by atoms with van der Waals surface area (Å²) in [5.74, 6) is -0.247. The Bertz CT molecular complexity index is 1640. The zero-order valence-electron chi connectivity index (χ0n) is 19.6. The first-order chi connectivity index (χ1) is 17.6. The van der Waals surface area contributed by atoms with Gasteiger partial charge in [-0.15, -0.1) is 0 Å². The van der Waals surface area contributed by atoms with E-state index in [9.17, 15) is 4.79 Å². The van der Waals surface area contributed by atoms with Crippen LogP contribution in [0, 0.1) is 6.92 Å². The van der Waals surface area contributed by atoms with Gasteiger partial charge in [0.1, 0.15) is 11.3 Å². The van der Waals surface area contributed by atoms with Gasteiger partial charge in [0.15, 0.2) is 0 Å². The molecule has 8 heteroatoms. The van der Waals surface area contributed by atoms with Crippen LogP contribution in [0.25, 0.3) is 22.6 Å². The zero-order valence-corrected chi connectivity index (χ0v) is 19.6. The lowest BCUT2D eigenvalue weighted by atomic mass is 10.0. The van der Waals surface area contributed by atoms with Crippen molar-refractivity contribution < 1.29 is 4.79 Å². The fourth-order valence-electron chi connectivity index (χ4n) is 4.23. The first-order valence-electron chi connectivity index (χ1n) is 11.6. The summed E-state index contributed by atoms with van der Waals surface area (Å²) in [6.07, 6.45) is 9.15. The van der Waals surface area contributed by atoms with Gasteiger partial charge in [0.05, 0.1) is 35.4 Å². The fourth-order valence-corrected chi connectivity index (χ4v) is 4.23. The largest absolute Gasteiger partial charge is 0.319 e. The second-order valence-corrected chi connectivity index (χ2v) is 8.57. The van der Waals surface area contributed by atoms with Gasteiger partial charge >= 0.3 is 0 Å². The molecular formula is C28H23N7O. The maximum atomic E-state index is 13.4. The molecule has 0 aliphatic carbocycles. The molecule has 0 radical (unpaired) electrons. The van der Waals surface area contributed by atoms with Gasteiger partial charge in [0, 0.05) is 30.4 Å². The minimum Gasteiger partial charge on any atom is -0.319 e. The number of benzene rings is 2. The molecule has 0 aliphatic rings. The number of imidazole rings is 1. The lowest BCUT2D eigenvalue weighted by molar-refractivity contribution is 0.102. The van der Waals surface area contributed by atoms with E-state index < -0.39 is 0 Å². The van der Waals surface area contributed by atoms with E-state index in [2.05, 4.69) is 15.4 Å². The fraction of sp³-hybridized carbons (Fsp3) is 0.0714. The first-order valence-corrected chi connectivity index (χ1v) is 11.6. The molecule has 0 atom stereocenters. The number of pyridine rings is 1. The van der Waals surface area contributed by atoms with E-state index in [1.807, 2.05) is 96.5 Å². The Labute approximate surface area is 207 Å². The van der Waals surface area contributed by atoms with Gasteiger partial charge in [-0.3, -0.25) is 9.48 Å².